The van der Waals surface area contributed by atoms with Gasteiger partial charge in [-0.05, 0) is 23.8 Å². The van der Waals surface area contributed by atoms with Crippen LogP contribution in [-0.4, -0.2) is 36.8 Å². The molecule has 2 rings (SSSR count). The largest absolute Gasteiger partial charge is 0.493 e. The van der Waals surface area contributed by atoms with E-state index in [0.29, 0.717) is 22.4 Å². The molecular weight excluding hydrogens is 292 g/mol. The topological polar surface area (TPSA) is 96.1 Å². The molecule has 0 bridgehead atoms. The van der Waals surface area contributed by atoms with E-state index in [1.54, 1.807) is 18.2 Å². The lowest BCUT2D eigenvalue weighted by Crippen LogP contribution is -2.19. The smallest absolute Gasteiger partial charge is 0.236 e. The highest BCUT2D eigenvalue weighted by Crippen LogP contribution is 2.27. The summed E-state index contributed by atoms with van der Waals surface area (Å²) < 4.78 is 10.4. The van der Waals surface area contributed by atoms with E-state index in [0.717, 1.165) is 5.56 Å². The molecular formula is C13H12N4O3S. The number of benzene rings is 1. The van der Waals surface area contributed by atoms with Crippen molar-refractivity contribution in [1.82, 2.24) is 5.32 Å². The fourth-order valence-corrected chi connectivity index (χ4v) is 2.15. The number of hydrogen-bond donors (Lipinski definition) is 1. The molecule has 0 atom stereocenters. The van der Waals surface area contributed by atoms with Crippen molar-refractivity contribution in [2.75, 3.05) is 19.5 Å². The van der Waals surface area contributed by atoms with Gasteiger partial charge in [0.1, 0.15) is 6.07 Å². The summed E-state index contributed by atoms with van der Waals surface area (Å²) in [4.78, 5) is 11.0. The van der Waals surface area contributed by atoms with E-state index in [9.17, 15) is 4.79 Å². The Morgan fingerprint density at radius 3 is 3.05 bits per heavy atom. The van der Waals surface area contributed by atoms with Crippen LogP contribution in [0.5, 0.6) is 11.5 Å². The average Bonchev–Trinajstić information content (AvgIpc) is 2.91. The number of nitrogens with one attached hydrogen (secondary N) is 1. The number of thioether (sulfide) groups is 1. The lowest BCUT2D eigenvalue weighted by molar-refractivity contribution is -0.116. The van der Waals surface area contributed by atoms with Gasteiger partial charge < -0.3 is 14.8 Å². The quantitative estimate of drug-likeness (QED) is 0.650. The third kappa shape index (κ3) is 4.22. The number of amides is 1. The summed E-state index contributed by atoms with van der Waals surface area (Å²) in [7, 11) is 1.52. The highest BCUT2D eigenvalue weighted by Gasteiger charge is 2.15. The molecule has 108 valence electrons. The molecule has 0 spiro atoms. The van der Waals surface area contributed by atoms with Crippen LogP contribution in [0.3, 0.4) is 0 Å². The molecule has 21 heavy (non-hydrogen) atoms. The van der Waals surface area contributed by atoms with Crippen LogP contribution >= 0.6 is 11.8 Å². The Morgan fingerprint density at radius 1 is 1.52 bits per heavy atom. The molecule has 1 saturated heterocycles. The molecule has 0 unspecified atom stereocenters. The van der Waals surface area contributed by atoms with E-state index in [4.69, 9.17) is 14.7 Å². The van der Waals surface area contributed by atoms with Crippen LogP contribution in [0.15, 0.2) is 28.4 Å². The molecule has 1 aliphatic rings. The van der Waals surface area contributed by atoms with Gasteiger partial charge in [-0.2, -0.15) is 10.4 Å². The van der Waals surface area contributed by atoms with Crippen molar-refractivity contribution in [3.63, 3.8) is 0 Å². The van der Waals surface area contributed by atoms with Crippen LogP contribution < -0.4 is 14.8 Å². The van der Waals surface area contributed by atoms with Crippen molar-refractivity contribution in [2.45, 2.75) is 0 Å². The summed E-state index contributed by atoms with van der Waals surface area (Å²) in [6.45, 7) is -0.0675. The minimum absolute atomic E-state index is 0.0675. The highest BCUT2D eigenvalue weighted by atomic mass is 32.2. The number of nitrogens with zero attached hydrogens (tertiary/aromatic N) is 3. The minimum Gasteiger partial charge on any atom is -0.493 e. The summed E-state index contributed by atoms with van der Waals surface area (Å²) in [5.74, 6) is 1.28. The number of carbonyl (C=O) groups excluding carboxylic acids is 1. The lowest BCUT2D eigenvalue weighted by Gasteiger charge is -2.08. The van der Waals surface area contributed by atoms with E-state index < -0.39 is 0 Å². The van der Waals surface area contributed by atoms with Crippen molar-refractivity contribution in [2.24, 2.45) is 10.2 Å². The Kier molecular flexibility index (Phi) is 5.17. The molecule has 8 heteroatoms. The third-order valence-corrected chi connectivity index (χ3v) is 3.29. The Bertz CT molecular complexity index is 637. The highest BCUT2D eigenvalue weighted by molar-refractivity contribution is 8.15. The van der Waals surface area contributed by atoms with E-state index in [1.165, 1.54) is 25.1 Å². The van der Waals surface area contributed by atoms with Crippen molar-refractivity contribution >= 4 is 29.1 Å². The summed E-state index contributed by atoms with van der Waals surface area (Å²) in [6.07, 6.45) is 1.52. The van der Waals surface area contributed by atoms with Crippen LogP contribution in [0.4, 0.5) is 0 Å². The Morgan fingerprint density at radius 2 is 2.38 bits per heavy atom. The molecule has 0 aliphatic carbocycles. The molecule has 1 aromatic rings. The normalized spacial score (nSPS) is 16.0. The molecule has 0 saturated carbocycles. The maximum atomic E-state index is 11.0. The lowest BCUT2D eigenvalue weighted by atomic mass is 10.2. The SMILES string of the molecule is COc1ccc(C=NN=C2NC(=O)CS2)cc1OCC#N. The van der Waals surface area contributed by atoms with Gasteiger partial charge in [0, 0.05) is 0 Å². The molecule has 1 fully saturated rings. The monoisotopic (exact) mass is 304 g/mol. The van der Waals surface area contributed by atoms with Gasteiger partial charge >= 0.3 is 0 Å². The van der Waals surface area contributed by atoms with Crippen molar-refractivity contribution in [1.29, 1.82) is 5.26 Å². The van der Waals surface area contributed by atoms with Crippen LogP contribution in [0.2, 0.25) is 0 Å². The zero-order valence-electron chi connectivity index (χ0n) is 11.2. The van der Waals surface area contributed by atoms with E-state index >= 15 is 0 Å². The molecule has 1 aliphatic heterocycles. The van der Waals surface area contributed by atoms with Gasteiger partial charge in [0.2, 0.25) is 5.91 Å². The summed E-state index contributed by atoms with van der Waals surface area (Å²) in [5.41, 5.74) is 0.738. The second kappa shape index (κ2) is 7.31. The van der Waals surface area contributed by atoms with Crippen LogP contribution in [0.1, 0.15) is 5.56 Å². The molecule has 1 heterocycles. The first-order valence-corrected chi connectivity index (χ1v) is 6.93. The zero-order valence-corrected chi connectivity index (χ0v) is 12.0. The van der Waals surface area contributed by atoms with Gasteiger partial charge in [0.05, 0.1) is 19.1 Å². The van der Waals surface area contributed by atoms with E-state index in [1.807, 2.05) is 6.07 Å². The molecule has 7 nitrogen and oxygen atoms in total. The Labute approximate surface area is 125 Å². The predicted molar refractivity (Wildman–Crippen MR) is 79.7 cm³/mol. The molecule has 0 aromatic heterocycles. The van der Waals surface area contributed by atoms with Gasteiger partial charge in [-0.25, -0.2) is 0 Å². The van der Waals surface area contributed by atoms with Crippen LogP contribution in [0, 0.1) is 11.3 Å². The first-order valence-electron chi connectivity index (χ1n) is 5.94. The summed E-state index contributed by atoms with van der Waals surface area (Å²) in [5, 5.41) is 19.4. The first kappa shape index (κ1) is 14.9. The van der Waals surface area contributed by atoms with Crippen molar-refractivity contribution < 1.29 is 14.3 Å². The van der Waals surface area contributed by atoms with E-state index in [-0.39, 0.29) is 12.5 Å². The fourth-order valence-electron chi connectivity index (χ4n) is 1.52. The molecule has 0 radical (unpaired) electrons. The first-order chi connectivity index (χ1) is 10.2. The molecule has 1 N–H and O–H groups in total. The van der Waals surface area contributed by atoms with Crippen LogP contribution in [0.25, 0.3) is 0 Å². The third-order valence-electron chi connectivity index (χ3n) is 2.42. The van der Waals surface area contributed by atoms with Gasteiger partial charge in [-0.15, -0.1) is 5.10 Å². The Hall–Kier alpha value is -2.53. The maximum absolute atomic E-state index is 11.0. The number of rotatable bonds is 5. The minimum atomic E-state index is -0.0782. The average molecular weight is 304 g/mol. The van der Waals surface area contributed by atoms with Crippen molar-refractivity contribution in [3.05, 3.63) is 23.8 Å². The second-order valence-corrected chi connectivity index (χ2v) is 4.81. The number of carbonyl (C=O) groups is 1. The number of methoxy groups -OCH3 is 1. The van der Waals surface area contributed by atoms with Crippen molar-refractivity contribution in [3.8, 4) is 17.6 Å². The Balaban J connectivity index is 2.09. The number of ether oxygens (including phenoxy) is 2. The number of nitriles is 1. The van der Waals surface area contributed by atoms with Gasteiger partial charge in [0.25, 0.3) is 0 Å². The van der Waals surface area contributed by atoms with Gasteiger partial charge in [0.15, 0.2) is 23.3 Å². The second-order valence-electron chi connectivity index (χ2n) is 3.84. The van der Waals surface area contributed by atoms with Gasteiger partial charge in [-0.3, -0.25) is 4.79 Å². The maximum Gasteiger partial charge on any atom is 0.236 e. The van der Waals surface area contributed by atoms with Gasteiger partial charge in [-0.1, -0.05) is 11.8 Å². The number of amidine groups is 1. The van der Waals surface area contributed by atoms with E-state index in [2.05, 4.69) is 15.5 Å². The molecule has 1 aromatic carbocycles. The van der Waals surface area contributed by atoms with Crippen LogP contribution in [-0.2, 0) is 4.79 Å². The predicted octanol–water partition coefficient (Wildman–Crippen LogP) is 1.15. The number of hydrogen-bond acceptors (Lipinski definition) is 7. The standard InChI is InChI=1S/C13H12N4O3S/c1-19-10-3-2-9(6-11(10)20-5-4-14)7-15-17-13-16-12(18)8-21-13/h2-3,6-7H,5,8H2,1H3,(H,16,17,18). The zero-order chi connectivity index (χ0) is 15.1. The molecule has 1 amide bonds. The fraction of sp³-hybridized carbons (Fsp3) is 0.231. The summed E-state index contributed by atoms with van der Waals surface area (Å²) in [6, 6.07) is 7.09. The summed E-state index contributed by atoms with van der Waals surface area (Å²) >= 11 is 1.30.